The lowest BCUT2D eigenvalue weighted by molar-refractivity contribution is 0.577. The predicted octanol–water partition coefficient (Wildman–Crippen LogP) is 14.2. The van der Waals surface area contributed by atoms with Crippen LogP contribution in [0, 0.1) is 6.92 Å². The number of hydrogen-bond acceptors (Lipinski definition) is 3. The molecule has 274 valence electrons. The molecule has 0 saturated heterocycles. The molecule has 10 rings (SSSR count). The lowest BCUT2D eigenvalue weighted by Crippen LogP contribution is -2.03. The molecule has 3 heterocycles. The van der Waals surface area contributed by atoms with Crippen molar-refractivity contribution in [3.8, 4) is 39.2 Å². The van der Waals surface area contributed by atoms with Crippen molar-refractivity contribution in [1.82, 2.24) is 14.5 Å². The molecule has 0 bridgehead atoms. The Balaban J connectivity index is 1.14. The highest BCUT2D eigenvalue weighted by Crippen LogP contribution is 2.41. The fourth-order valence-electron chi connectivity index (χ4n) is 8.41. The summed E-state index contributed by atoms with van der Waals surface area (Å²) in [6, 6.07) is 54.1. The maximum absolute atomic E-state index is 6.72. The maximum atomic E-state index is 6.72. The average molecular weight is 736 g/mol. The van der Waals surface area contributed by atoms with Gasteiger partial charge in [-0.15, -0.1) is 0 Å². The van der Waals surface area contributed by atoms with Crippen LogP contribution in [-0.4, -0.2) is 14.5 Å². The summed E-state index contributed by atoms with van der Waals surface area (Å²) in [7, 11) is 0. The van der Waals surface area contributed by atoms with Crippen molar-refractivity contribution in [2.75, 3.05) is 0 Å². The first-order chi connectivity index (χ1) is 28.1. The van der Waals surface area contributed by atoms with E-state index in [0.717, 1.165) is 92.2 Å². The second-order valence-electron chi connectivity index (χ2n) is 14.8. The largest absolute Gasteiger partial charge is 0.461 e. The number of hydrogen-bond donors (Lipinski definition) is 0. The van der Waals surface area contributed by atoms with Gasteiger partial charge in [0.05, 0.1) is 22.4 Å². The molecular weight excluding hydrogens is 695 g/mol. The van der Waals surface area contributed by atoms with E-state index in [1.807, 2.05) is 6.07 Å². The van der Waals surface area contributed by atoms with Gasteiger partial charge in [-0.3, -0.25) is 0 Å². The number of furan rings is 1. The first-order valence-corrected chi connectivity index (χ1v) is 19.9. The molecule has 57 heavy (non-hydrogen) atoms. The zero-order valence-corrected chi connectivity index (χ0v) is 32.1. The van der Waals surface area contributed by atoms with Gasteiger partial charge in [-0.25, -0.2) is 9.97 Å². The van der Waals surface area contributed by atoms with Crippen LogP contribution in [0.1, 0.15) is 49.0 Å². The molecule has 6 aromatic carbocycles. The molecule has 0 aliphatic heterocycles. The zero-order chi connectivity index (χ0) is 38.3. The molecule has 4 nitrogen and oxygen atoms in total. The van der Waals surface area contributed by atoms with E-state index in [2.05, 4.69) is 188 Å². The van der Waals surface area contributed by atoms with Crippen LogP contribution in [0.5, 0.6) is 0 Å². The van der Waals surface area contributed by atoms with Crippen molar-refractivity contribution in [1.29, 1.82) is 0 Å². The molecule has 1 aliphatic carbocycles. The van der Waals surface area contributed by atoms with Crippen LogP contribution in [0.15, 0.2) is 180 Å². The first-order valence-electron chi connectivity index (χ1n) is 19.9. The molecular formula is C53H41N3O. The summed E-state index contributed by atoms with van der Waals surface area (Å²) in [5.41, 5.74) is 15.1. The van der Waals surface area contributed by atoms with E-state index >= 15 is 0 Å². The smallest absolute Gasteiger partial charge is 0.156 e. The maximum Gasteiger partial charge on any atom is 0.156 e. The van der Waals surface area contributed by atoms with Gasteiger partial charge in [-0.05, 0) is 90.4 Å². The fraction of sp³-hybridized carbons (Fsp3) is 0.0943. The Morgan fingerprint density at radius 3 is 2.04 bits per heavy atom. The van der Waals surface area contributed by atoms with E-state index < -0.39 is 0 Å². The summed E-state index contributed by atoms with van der Waals surface area (Å²) in [4.78, 5) is 10.4. The van der Waals surface area contributed by atoms with Crippen LogP contribution in [0.3, 0.4) is 0 Å². The zero-order valence-electron chi connectivity index (χ0n) is 32.1. The van der Waals surface area contributed by atoms with Gasteiger partial charge in [0.15, 0.2) is 5.82 Å². The summed E-state index contributed by atoms with van der Waals surface area (Å²) < 4.78 is 9.11. The molecule has 0 amide bonds. The van der Waals surface area contributed by atoms with Crippen molar-refractivity contribution < 1.29 is 4.42 Å². The molecule has 9 aromatic rings. The van der Waals surface area contributed by atoms with E-state index in [0.29, 0.717) is 0 Å². The molecule has 1 aliphatic rings. The number of fused-ring (bicyclic) bond motifs is 4. The van der Waals surface area contributed by atoms with Crippen LogP contribution >= 0.6 is 0 Å². The Hall–Kier alpha value is -7.04. The minimum Gasteiger partial charge on any atom is -0.461 e. The Bertz CT molecular complexity index is 3040. The molecule has 0 atom stereocenters. The number of rotatable bonds is 8. The highest BCUT2D eigenvalue weighted by molar-refractivity contribution is 6.11. The summed E-state index contributed by atoms with van der Waals surface area (Å²) >= 11 is 0. The third-order valence-corrected chi connectivity index (χ3v) is 11.1. The third kappa shape index (κ3) is 6.30. The molecule has 0 saturated carbocycles. The second kappa shape index (κ2) is 14.6. The molecule has 4 heteroatoms. The number of aryl methyl sites for hydroxylation is 1. The Kier molecular flexibility index (Phi) is 8.80. The minimum atomic E-state index is 0.780. The highest BCUT2D eigenvalue weighted by Gasteiger charge is 2.22. The van der Waals surface area contributed by atoms with Gasteiger partial charge < -0.3 is 8.98 Å². The molecule has 0 spiro atoms. The molecule has 0 radical (unpaired) electrons. The minimum absolute atomic E-state index is 0.780. The average Bonchev–Trinajstić information content (AvgIpc) is 3.78. The van der Waals surface area contributed by atoms with Crippen molar-refractivity contribution >= 4 is 43.9 Å². The summed E-state index contributed by atoms with van der Waals surface area (Å²) in [5.74, 6) is 1.64. The van der Waals surface area contributed by atoms with Gasteiger partial charge in [0.2, 0.25) is 0 Å². The summed E-state index contributed by atoms with van der Waals surface area (Å²) in [6.45, 7) is 4.25. The number of allylic oxidation sites excluding steroid dienone is 5. The molecule has 0 unspecified atom stereocenters. The molecule has 0 fully saturated rings. The van der Waals surface area contributed by atoms with E-state index in [1.54, 1.807) is 0 Å². The van der Waals surface area contributed by atoms with Gasteiger partial charge in [-0.2, -0.15) is 0 Å². The van der Waals surface area contributed by atoms with Crippen molar-refractivity contribution in [3.05, 3.63) is 199 Å². The van der Waals surface area contributed by atoms with Crippen LogP contribution in [-0.2, 0) is 0 Å². The van der Waals surface area contributed by atoms with Gasteiger partial charge in [-0.1, -0.05) is 140 Å². The summed E-state index contributed by atoms with van der Waals surface area (Å²) in [5, 5.41) is 3.49. The topological polar surface area (TPSA) is 43.9 Å². The predicted molar refractivity (Wildman–Crippen MR) is 237 cm³/mol. The summed E-state index contributed by atoms with van der Waals surface area (Å²) in [6.07, 6.45) is 11.5. The van der Waals surface area contributed by atoms with Crippen LogP contribution < -0.4 is 0 Å². The van der Waals surface area contributed by atoms with E-state index in [9.17, 15) is 0 Å². The van der Waals surface area contributed by atoms with Crippen molar-refractivity contribution in [2.24, 2.45) is 0 Å². The van der Waals surface area contributed by atoms with E-state index in [1.165, 1.54) is 33.0 Å². The fourth-order valence-corrected chi connectivity index (χ4v) is 8.41. The number of benzene rings is 6. The van der Waals surface area contributed by atoms with Crippen molar-refractivity contribution in [3.63, 3.8) is 0 Å². The quantitative estimate of drug-likeness (QED) is 0.156. The molecule has 0 N–H and O–H groups in total. The third-order valence-electron chi connectivity index (χ3n) is 11.1. The lowest BCUT2D eigenvalue weighted by atomic mass is 9.96. The number of nitrogens with zero attached hydrogens (tertiary/aromatic N) is 3. The van der Waals surface area contributed by atoms with Crippen molar-refractivity contribution in [2.45, 2.75) is 33.1 Å². The van der Waals surface area contributed by atoms with E-state index in [4.69, 9.17) is 14.4 Å². The van der Waals surface area contributed by atoms with E-state index in [-0.39, 0.29) is 0 Å². The van der Waals surface area contributed by atoms with Gasteiger partial charge >= 0.3 is 0 Å². The van der Waals surface area contributed by atoms with Crippen LogP contribution in [0.25, 0.3) is 83.1 Å². The Morgan fingerprint density at radius 1 is 0.649 bits per heavy atom. The lowest BCUT2D eigenvalue weighted by Gasteiger charge is -2.14. The Morgan fingerprint density at radius 2 is 1.33 bits per heavy atom. The first kappa shape index (κ1) is 34.5. The van der Waals surface area contributed by atoms with Gasteiger partial charge in [0, 0.05) is 44.6 Å². The Labute approximate surface area is 332 Å². The highest BCUT2D eigenvalue weighted by atomic mass is 16.3. The monoisotopic (exact) mass is 735 g/mol. The SMILES string of the molecule is CC/C=C(/c1cc(-c2ccccc2)nc(C2=CC=CCC2)n1)c1c(C)oc2cc(-n3c4ccc(-c5ccccc5)cc4c4ccc(-c5ccccc5)cc43)ccc12. The number of aromatic nitrogens is 3. The van der Waals surface area contributed by atoms with Gasteiger partial charge in [0.1, 0.15) is 11.3 Å². The van der Waals surface area contributed by atoms with Gasteiger partial charge in [0.25, 0.3) is 0 Å². The normalized spacial score (nSPS) is 13.2. The molecule has 3 aromatic heterocycles. The van der Waals surface area contributed by atoms with Crippen LogP contribution in [0.4, 0.5) is 0 Å². The standard InChI is InChI=1S/C53H41N3O/c1-3-16-44(48-34-47(38-21-12-6-13-22-38)54-53(55-48)39-23-14-7-15-24-39)52-35(2)57-51-33-42(27-29-45(51)52)56-49-30-26-40(36-17-8-4-9-18-36)31-46(49)43-28-25-41(32-50(43)56)37-19-10-5-11-20-37/h4-14,16-23,25-34H,3,15,24H2,1-2H3/b44-16-. The van der Waals surface area contributed by atoms with Crippen LogP contribution in [0.2, 0.25) is 0 Å². The second-order valence-corrected chi connectivity index (χ2v) is 14.8.